The average molecular weight is 567 g/mol. The van der Waals surface area contributed by atoms with Gasteiger partial charge < -0.3 is 15.1 Å². The zero-order chi connectivity index (χ0) is 28.3. The van der Waals surface area contributed by atoms with Gasteiger partial charge in [0.1, 0.15) is 0 Å². The van der Waals surface area contributed by atoms with E-state index in [1.54, 1.807) is 38.4 Å². The maximum atomic E-state index is 13.2. The van der Waals surface area contributed by atoms with Crippen molar-refractivity contribution in [2.45, 2.75) is 56.8 Å². The zero-order valence-electron chi connectivity index (χ0n) is 23.0. The lowest BCUT2D eigenvalue weighted by Crippen LogP contribution is -2.44. The summed E-state index contributed by atoms with van der Waals surface area (Å²) < 4.78 is 27.6. The first-order valence-corrected chi connectivity index (χ1v) is 15.7. The van der Waals surface area contributed by atoms with E-state index in [4.69, 9.17) is 0 Å². The van der Waals surface area contributed by atoms with E-state index in [1.165, 1.54) is 0 Å². The first kappa shape index (κ1) is 28.3. The SMILES string of the molecule is Cc1ccc(N2CC(C(=O)N3CCC(C(=O)Nc4ccc(S(=O)(=O)N5CCCCCC5)cc4)CC3)CC2=O)cc1. The van der Waals surface area contributed by atoms with Gasteiger partial charge in [0.25, 0.3) is 0 Å². The lowest BCUT2D eigenvalue weighted by molar-refractivity contribution is -0.138. The van der Waals surface area contributed by atoms with Gasteiger partial charge in [-0.1, -0.05) is 30.5 Å². The zero-order valence-corrected chi connectivity index (χ0v) is 23.9. The summed E-state index contributed by atoms with van der Waals surface area (Å²) in [5.74, 6) is -0.802. The molecule has 3 aliphatic rings. The maximum Gasteiger partial charge on any atom is 0.243 e. The van der Waals surface area contributed by atoms with Crippen LogP contribution in [0.25, 0.3) is 0 Å². The smallest absolute Gasteiger partial charge is 0.243 e. The molecule has 3 saturated heterocycles. The number of nitrogens with one attached hydrogen (secondary N) is 1. The van der Waals surface area contributed by atoms with Crippen LogP contribution >= 0.6 is 0 Å². The molecular weight excluding hydrogens is 528 g/mol. The third-order valence-electron chi connectivity index (χ3n) is 8.32. The molecule has 5 rings (SSSR count). The molecule has 3 heterocycles. The molecule has 2 aromatic carbocycles. The fourth-order valence-corrected chi connectivity index (χ4v) is 7.37. The van der Waals surface area contributed by atoms with E-state index >= 15 is 0 Å². The molecule has 1 atom stereocenters. The third-order valence-corrected chi connectivity index (χ3v) is 10.2. The molecule has 0 spiro atoms. The van der Waals surface area contributed by atoms with Gasteiger partial charge in [-0.2, -0.15) is 4.31 Å². The monoisotopic (exact) mass is 566 g/mol. The average Bonchev–Trinajstić information content (AvgIpc) is 3.15. The minimum absolute atomic E-state index is 0.0250. The van der Waals surface area contributed by atoms with Gasteiger partial charge in [0.15, 0.2) is 0 Å². The van der Waals surface area contributed by atoms with Crippen molar-refractivity contribution in [2.75, 3.05) is 42.9 Å². The Bertz CT molecular complexity index is 1330. The van der Waals surface area contributed by atoms with Crippen molar-refractivity contribution in [3.8, 4) is 0 Å². The van der Waals surface area contributed by atoms with Gasteiger partial charge in [0, 0.05) is 56.4 Å². The standard InChI is InChI=1S/C30H38N4O5S/c1-22-6-10-26(11-7-22)34-21-24(20-28(34)35)30(37)32-18-14-23(15-19-32)29(36)31-25-8-12-27(13-9-25)40(38,39)33-16-4-2-3-5-17-33/h6-13,23-24H,2-5,14-21H2,1H3,(H,31,36). The molecule has 0 bridgehead atoms. The number of rotatable bonds is 6. The molecule has 1 unspecified atom stereocenters. The second-order valence-electron chi connectivity index (χ2n) is 11.2. The molecule has 1 N–H and O–H groups in total. The predicted molar refractivity (Wildman–Crippen MR) is 153 cm³/mol. The van der Waals surface area contributed by atoms with Gasteiger partial charge in [-0.15, -0.1) is 0 Å². The number of likely N-dealkylation sites (tertiary alicyclic amines) is 1. The van der Waals surface area contributed by atoms with Crippen LogP contribution in [0.3, 0.4) is 0 Å². The van der Waals surface area contributed by atoms with E-state index in [0.29, 0.717) is 51.3 Å². The Morgan fingerprint density at radius 2 is 1.45 bits per heavy atom. The summed E-state index contributed by atoms with van der Waals surface area (Å²) in [5, 5.41) is 2.91. The Hall–Kier alpha value is -3.24. The number of hydrogen-bond acceptors (Lipinski definition) is 5. The Balaban J connectivity index is 1.11. The molecule has 0 aromatic heterocycles. The lowest BCUT2D eigenvalue weighted by atomic mass is 9.94. The van der Waals surface area contributed by atoms with E-state index in [-0.39, 0.29) is 40.9 Å². The van der Waals surface area contributed by atoms with Crippen molar-refractivity contribution < 1.29 is 22.8 Å². The largest absolute Gasteiger partial charge is 0.342 e. The van der Waals surface area contributed by atoms with E-state index < -0.39 is 10.0 Å². The van der Waals surface area contributed by atoms with E-state index in [0.717, 1.165) is 36.9 Å². The van der Waals surface area contributed by atoms with E-state index in [1.807, 2.05) is 31.2 Å². The molecule has 0 aliphatic carbocycles. The number of piperidine rings is 1. The molecule has 3 fully saturated rings. The van der Waals surface area contributed by atoms with Gasteiger partial charge in [0.05, 0.1) is 10.8 Å². The van der Waals surface area contributed by atoms with Crippen LogP contribution in [0, 0.1) is 18.8 Å². The third kappa shape index (κ3) is 6.23. The summed E-state index contributed by atoms with van der Waals surface area (Å²) in [6.45, 7) is 4.41. The Labute approximate surface area is 236 Å². The fraction of sp³-hybridized carbons (Fsp3) is 0.500. The van der Waals surface area contributed by atoms with Crippen LogP contribution < -0.4 is 10.2 Å². The fourth-order valence-electron chi connectivity index (χ4n) is 5.85. The molecule has 10 heteroatoms. The minimum Gasteiger partial charge on any atom is -0.342 e. The number of hydrogen-bond donors (Lipinski definition) is 1. The van der Waals surface area contributed by atoms with Crippen LogP contribution in [0.15, 0.2) is 53.4 Å². The number of nitrogens with zero attached hydrogens (tertiary/aromatic N) is 3. The van der Waals surface area contributed by atoms with Crippen molar-refractivity contribution in [1.82, 2.24) is 9.21 Å². The van der Waals surface area contributed by atoms with Gasteiger partial charge in [0.2, 0.25) is 27.7 Å². The lowest BCUT2D eigenvalue weighted by Gasteiger charge is -2.33. The highest BCUT2D eigenvalue weighted by molar-refractivity contribution is 7.89. The number of benzene rings is 2. The Morgan fingerprint density at radius 3 is 2.08 bits per heavy atom. The summed E-state index contributed by atoms with van der Waals surface area (Å²) >= 11 is 0. The highest BCUT2D eigenvalue weighted by Crippen LogP contribution is 2.29. The van der Waals surface area contributed by atoms with Gasteiger partial charge >= 0.3 is 0 Å². The quantitative estimate of drug-likeness (QED) is 0.573. The van der Waals surface area contributed by atoms with Crippen molar-refractivity contribution >= 4 is 39.1 Å². The summed E-state index contributed by atoms with van der Waals surface area (Å²) in [6.07, 6.45) is 5.15. The number of amides is 3. The van der Waals surface area contributed by atoms with Crippen molar-refractivity contribution in [3.63, 3.8) is 0 Å². The minimum atomic E-state index is -3.54. The second kappa shape index (κ2) is 12.1. The van der Waals surface area contributed by atoms with Gasteiger partial charge in [-0.3, -0.25) is 14.4 Å². The molecule has 214 valence electrons. The van der Waals surface area contributed by atoms with Crippen LogP contribution in [0.5, 0.6) is 0 Å². The molecular formula is C30H38N4O5S. The maximum absolute atomic E-state index is 13.2. The summed E-state index contributed by atoms with van der Waals surface area (Å²) in [4.78, 5) is 42.4. The van der Waals surface area contributed by atoms with Crippen molar-refractivity contribution in [1.29, 1.82) is 0 Å². The molecule has 0 radical (unpaired) electrons. The highest BCUT2D eigenvalue weighted by atomic mass is 32.2. The van der Waals surface area contributed by atoms with Crippen molar-refractivity contribution in [3.05, 3.63) is 54.1 Å². The first-order chi connectivity index (χ1) is 19.2. The van der Waals surface area contributed by atoms with Crippen LogP contribution in [0.4, 0.5) is 11.4 Å². The van der Waals surface area contributed by atoms with Crippen LogP contribution in [-0.2, 0) is 24.4 Å². The predicted octanol–water partition coefficient (Wildman–Crippen LogP) is 3.79. The van der Waals surface area contributed by atoms with Gasteiger partial charge in [-0.25, -0.2) is 8.42 Å². The number of carbonyl (C=O) groups excluding carboxylic acids is 3. The number of aryl methyl sites for hydroxylation is 1. The Morgan fingerprint density at radius 1 is 0.825 bits per heavy atom. The van der Waals surface area contributed by atoms with Gasteiger partial charge in [-0.05, 0) is 69.0 Å². The molecule has 9 nitrogen and oxygen atoms in total. The molecule has 3 aliphatic heterocycles. The van der Waals surface area contributed by atoms with Crippen molar-refractivity contribution in [2.24, 2.45) is 11.8 Å². The van der Waals surface area contributed by atoms with E-state index in [9.17, 15) is 22.8 Å². The molecule has 0 saturated carbocycles. The molecule has 2 aromatic rings. The topological polar surface area (TPSA) is 107 Å². The molecule has 40 heavy (non-hydrogen) atoms. The first-order valence-electron chi connectivity index (χ1n) is 14.3. The molecule has 3 amide bonds. The number of sulfonamides is 1. The number of anilines is 2. The highest BCUT2D eigenvalue weighted by Gasteiger charge is 2.38. The number of carbonyl (C=O) groups is 3. The summed E-state index contributed by atoms with van der Waals surface area (Å²) in [7, 11) is -3.54. The van der Waals surface area contributed by atoms with Crippen LogP contribution in [-0.4, -0.2) is 68.1 Å². The summed E-state index contributed by atoms with van der Waals surface area (Å²) in [5.41, 5.74) is 2.48. The normalized spacial score (nSPS) is 21.3. The Kier molecular flexibility index (Phi) is 8.56. The van der Waals surface area contributed by atoms with Crippen LogP contribution in [0.1, 0.15) is 50.5 Å². The van der Waals surface area contributed by atoms with Crippen LogP contribution in [0.2, 0.25) is 0 Å². The summed E-state index contributed by atoms with van der Waals surface area (Å²) in [6, 6.07) is 14.1. The van der Waals surface area contributed by atoms with E-state index in [2.05, 4.69) is 5.32 Å². The second-order valence-corrected chi connectivity index (χ2v) is 13.1.